The van der Waals surface area contributed by atoms with Gasteiger partial charge in [0.1, 0.15) is 10.8 Å². The maximum atomic E-state index is 12.8. The zero-order chi connectivity index (χ0) is 18.1. The first-order valence-electron chi connectivity index (χ1n) is 7.13. The van der Waals surface area contributed by atoms with E-state index in [1.54, 1.807) is 19.2 Å². The third-order valence-corrected chi connectivity index (χ3v) is 4.71. The zero-order valence-corrected chi connectivity index (χ0v) is 15.2. The molecule has 0 fully saturated rings. The van der Waals surface area contributed by atoms with Gasteiger partial charge in [0.25, 0.3) is 0 Å². The SMILES string of the molecule is CNc1ccc(C(=O)Cc2c(Cl)cncc2Cl)n2c(Cl)c(C=O)nc12. The molecule has 3 rings (SSSR count). The van der Waals surface area contributed by atoms with Crippen LogP contribution < -0.4 is 5.32 Å². The summed E-state index contributed by atoms with van der Waals surface area (Å²) in [5.41, 5.74) is 1.81. The van der Waals surface area contributed by atoms with Crippen LogP contribution in [0.1, 0.15) is 26.5 Å². The second-order valence-corrected chi connectivity index (χ2v) is 6.30. The number of carbonyl (C=O) groups is 2. The molecule has 3 heterocycles. The average Bonchev–Trinajstić information content (AvgIpc) is 2.94. The minimum absolute atomic E-state index is 0.0425. The monoisotopic (exact) mass is 396 g/mol. The molecule has 3 aromatic rings. The van der Waals surface area contributed by atoms with Gasteiger partial charge in [0.2, 0.25) is 0 Å². The Kier molecular flexibility index (Phi) is 4.94. The summed E-state index contributed by atoms with van der Waals surface area (Å²) >= 11 is 18.4. The number of Topliss-reactive ketones (excluding diaryl/α,β-unsaturated/α-hetero) is 1. The molecule has 0 bridgehead atoms. The molecule has 0 aromatic carbocycles. The van der Waals surface area contributed by atoms with Crippen molar-refractivity contribution in [1.82, 2.24) is 14.4 Å². The highest BCUT2D eigenvalue weighted by molar-refractivity contribution is 6.36. The van der Waals surface area contributed by atoms with Gasteiger partial charge >= 0.3 is 0 Å². The van der Waals surface area contributed by atoms with Gasteiger partial charge in [0, 0.05) is 31.4 Å². The van der Waals surface area contributed by atoms with Crippen molar-refractivity contribution in [2.45, 2.75) is 6.42 Å². The Labute approximate surface area is 157 Å². The van der Waals surface area contributed by atoms with Crippen LogP contribution in [0, 0.1) is 0 Å². The lowest BCUT2D eigenvalue weighted by Gasteiger charge is -2.10. The predicted octanol–water partition coefficient (Wildman–Crippen LogP) is 3.97. The summed E-state index contributed by atoms with van der Waals surface area (Å²) in [6.45, 7) is 0. The fourth-order valence-electron chi connectivity index (χ4n) is 2.48. The molecule has 6 nitrogen and oxygen atoms in total. The van der Waals surface area contributed by atoms with Gasteiger partial charge in [-0.3, -0.25) is 19.0 Å². The van der Waals surface area contributed by atoms with Gasteiger partial charge in [-0.2, -0.15) is 0 Å². The Bertz CT molecular complexity index is 980. The number of aromatic nitrogens is 3. The average molecular weight is 398 g/mol. The highest BCUT2D eigenvalue weighted by Gasteiger charge is 2.21. The summed E-state index contributed by atoms with van der Waals surface area (Å²) in [5, 5.41) is 3.62. The summed E-state index contributed by atoms with van der Waals surface area (Å²) in [5.74, 6) is -0.278. The van der Waals surface area contributed by atoms with Crippen molar-refractivity contribution in [3.8, 4) is 0 Å². The van der Waals surface area contributed by atoms with E-state index >= 15 is 0 Å². The molecule has 0 aliphatic carbocycles. The van der Waals surface area contributed by atoms with E-state index in [2.05, 4.69) is 15.3 Å². The van der Waals surface area contributed by atoms with Crippen LogP contribution in [-0.2, 0) is 6.42 Å². The summed E-state index contributed by atoms with van der Waals surface area (Å²) in [7, 11) is 1.70. The maximum Gasteiger partial charge on any atom is 0.184 e. The summed E-state index contributed by atoms with van der Waals surface area (Å²) in [4.78, 5) is 32.0. The number of fused-ring (bicyclic) bond motifs is 1. The lowest BCUT2D eigenvalue weighted by atomic mass is 10.1. The Morgan fingerprint density at radius 2 is 1.92 bits per heavy atom. The number of carbonyl (C=O) groups excluding carboxylic acids is 2. The summed E-state index contributed by atoms with van der Waals surface area (Å²) in [6.07, 6.45) is 3.34. The summed E-state index contributed by atoms with van der Waals surface area (Å²) in [6, 6.07) is 3.29. The molecule has 0 saturated heterocycles. The largest absolute Gasteiger partial charge is 0.385 e. The molecule has 1 N–H and O–H groups in total. The number of rotatable bonds is 5. The number of nitrogens with zero attached hydrogens (tertiary/aromatic N) is 3. The number of hydrogen-bond acceptors (Lipinski definition) is 5. The Hall–Kier alpha value is -2.15. The molecule has 0 aliphatic heterocycles. The minimum Gasteiger partial charge on any atom is -0.385 e. The Balaban J connectivity index is 2.14. The number of ketones is 1. The van der Waals surface area contributed by atoms with Gasteiger partial charge in [0.05, 0.1) is 21.4 Å². The molecule has 0 spiro atoms. The number of pyridine rings is 2. The predicted molar refractivity (Wildman–Crippen MR) is 97.4 cm³/mol. The first kappa shape index (κ1) is 17.7. The van der Waals surface area contributed by atoms with E-state index in [9.17, 15) is 9.59 Å². The van der Waals surface area contributed by atoms with Gasteiger partial charge in [-0.05, 0) is 12.1 Å². The van der Waals surface area contributed by atoms with Crippen LogP contribution in [0.5, 0.6) is 0 Å². The maximum absolute atomic E-state index is 12.8. The van der Waals surface area contributed by atoms with Crippen LogP contribution in [0.2, 0.25) is 15.2 Å². The van der Waals surface area contributed by atoms with Gasteiger partial charge in [-0.15, -0.1) is 0 Å². The zero-order valence-electron chi connectivity index (χ0n) is 12.9. The van der Waals surface area contributed by atoms with E-state index in [1.165, 1.54) is 16.8 Å². The molecule has 3 aromatic heterocycles. The lowest BCUT2D eigenvalue weighted by Crippen LogP contribution is -2.11. The molecule has 0 aliphatic rings. The molecule has 9 heteroatoms. The number of imidazole rings is 1. The van der Waals surface area contributed by atoms with Crippen molar-refractivity contribution in [3.63, 3.8) is 0 Å². The molecule has 0 saturated carbocycles. The number of hydrogen-bond donors (Lipinski definition) is 1. The van der Waals surface area contributed by atoms with Crippen molar-refractivity contribution in [2.75, 3.05) is 12.4 Å². The first-order valence-corrected chi connectivity index (χ1v) is 8.26. The Morgan fingerprint density at radius 1 is 1.24 bits per heavy atom. The van der Waals surface area contributed by atoms with Gasteiger partial charge < -0.3 is 5.32 Å². The number of halogens is 3. The molecule has 0 atom stereocenters. The van der Waals surface area contributed by atoms with Gasteiger partial charge in [-0.25, -0.2) is 4.98 Å². The quantitative estimate of drug-likeness (QED) is 0.521. The third kappa shape index (κ3) is 3.08. The van der Waals surface area contributed by atoms with Crippen LogP contribution in [0.3, 0.4) is 0 Å². The molecular weight excluding hydrogens is 387 g/mol. The van der Waals surface area contributed by atoms with E-state index in [0.717, 1.165) is 0 Å². The minimum atomic E-state index is -0.278. The van der Waals surface area contributed by atoms with Gasteiger partial charge in [-0.1, -0.05) is 34.8 Å². The van der Waals surface area contributed by atoms with Crippen LogP contribution in [0.25, 0.3) is 5.65 Å². The number of nitrogens with one attached hydrogen (secondary N) is 1. The topological polar surface area (TPSA) is 76.4 Å². The van der Waals surface area contributed by atoms with E-state index in [1.807, 2.05) is 0 Å². The van der Waals surface area contributed by atoms with Crippen molar-refractivity contribution in [1.29, 1.82) is 0 Å². The molecule has 0 amide bonds. The smallest absolute Gasteiger partial charge is 0.184 e. The fourth-order valence-corrected chi connectivity index (χ4v) is 3.23. The highest BCUT2D eigenvalue weighted by Crippen LogP contribution is 2.28. The first-order chi connectivity index (χ1) is 12.0. The second-order valence-electron chi connectivity index (χ2n) is 5.13. The lowest BCUT2D eigenvalue weighted by molar-refractivity contribution is 0.0986. The van der Waals surface area contributed by atoms with Crippen molar-refractivity contribution >= 4 is 58.2 Å². The standard InChI is InChI=1S/C16H11Cl3N4O2/c1-20-11-2-3-13(23-15(19)12(7-24)22-16(11)23)14(25)4-8-9(17)5-21-6-10(8)18/h2-3,5-7,20H,4H2,1H3. The van der Waals surface area contributed by atoms with Crippen LogP contribution in [-0.4, -0.2) is 33.5 Å². The number of anilines is 1. The normalized spacial score (nSPS) is 10.9. The van der Waals surface area contributed by atoms with Crippen molar-refractivity contribution in [3.05, 3.63) is 56.7 Å². The van der Waals surface area contributed by atoms with Gasteiger partial charge in [0.15, 0.2) is 17.7 Å². The van der Waals surface area contributed by atoms with E-state index in [0.29, 0.717) is 33.2 Å². The second kappa shape index (κ2) is 7.00. The van der Waals surface area contributed by atoms with Crippen molar-refractivity contribution < 1.29 is 9.59 Å². The highest BCUT2D eigenvalue weighted by atomic mass is 35.5. The molecular formula is C16H11Cl3N4O2. The Morgan fingerprint density at radius 3 is 2.52 bits per heavy atom. The number of aldehydes is 1. The fraction of sp³-hybridized carbons (Fsp3) is 0.125. The van der Waals surface area contributed by atoms with E-state index in [4.69, 9.17) is 34.8 Å². The van der Waals surface area contributed by atoms with Crippen LogP contribution >= 0.6 is 34.8 Å². The van der Waals surface area contributed by atoms with Crippen LogP contribution in [0.4, 0.5) is 5.69 Å². The van der Waals surface area contributed by atoms with E-state index in [-0.39, 0.29) is 28.7 Å². The third-order valence-electron chi connectivity index (χ3n) is 3.69. The van der Waals surface area contributed by atoms with E-state index < -0.39 is 0 Å². The molecule has 0 radical (unpaired) electrons. The molecule has 25 heavy (non-hydrogen) atoms. The molecule has 0 unspecified atom stereocenters. The van der Waals surface area contributed by atoms with Crippen molar-refractivity contribution in [2.24, 2.45) is 0 Å². The summed E-state index contributed by atoms with van der Waals surface area (Å²) < 4.78 is 1.43. The molecule has 128 valence electrons. The van der Waals surface area contributed by atoms with Crippen LogP contribution in [0.15, 0.2) is 24.5 Å².